The molecular weight excluding hydrogens is 326 g/mol. The van der Waals surface area contributed by atoms with E-state index in [0.29, 0.717) is 13.1 Å². The third-order valence-corrected chi connectivity index (χ3v) is 5.14. The average Bonchev–Trinajstić information content (AvgIpc) is 2.67. The Balaban J connectivity index is 1.64. The number of piperidine rings is 1. The molecule has 4 nitrogen and oxygen atoms in total. The van der Waals surface area contributed by atoms with Crippen molar-refractivity contribution in [2.75, 3.05) is 13.1 Å². The Bertz CT molecular complexity index is 749. The number of benzene rings is 2. The smallest absolute Gasteiger partial charge is 0.303 e. The van der Waals surface area contributed by atoms with E-state index in [4.69, 9.17) is 5.11 Å². The van der Waals surface area contributed by atoms with Crippen LogP contribution in [0.4, 0.5) is 0 Å². The van der Waals surface area contributed by atoms with Gasteiger partial charge >= 0.3 is 5.97 Å². The Labute approximate surface area is 154 Å². The van der Waals surface area contributed by atoms with Crippen LogP contribution in [-0.2, 0) is 17.6 Å². The minimum Gasteiger partial charge on any atom is -0.481 e. The summed E-state index contributed by atoms with van der Waals surface area (Å²) >= 11 is 0. The Kier molecular flexibility index (Phi) is 6.05. The van der Waals surface area contributed by atoms with Gasteiger partial charge in [0.15, 0.2) is 0 Å². The maximum Gasteiger partial charge on any atom is 0.303 e. The summed E-state index contributed by atoms with van der Waals surface area (Å²) in [6.07, 6.45) is 3.48. The maximum atomic E-state index is 13.0. The van der Waals surface area contributed by atoms with Crippen LogP contribution in [0.3, 0.4) is 0 Å². The molecule has 3 rings (SSSR count). The molecule has 2 aromatic rings. The standard InChI is InChI=1S/C22H25NO3/c24-21(25)16-18-12-14-23(15-13-18)22(26)20-9-5-4-8-19(20)11-10-17-6-2-1-3-7-17/h1-9,18H,10-16H2,(H,24,25). The summed E-state index contributed by atoms with van der Waals surface area (Å²) in [5.74, 6) is -0.492. The number of likely N-dealkylation sites (tertiary alicyclic amines) is 1. The number of carboxylic acid groups (broad SMARTS) is 1. The van der Waals surface area contributed by atoms with Crippen LogP contribution >= 0.6 is 0 Å². The number of rotatable bonds is 6. The first-order valence-corrected chi connectivity index (χ1v) is 9.26. The molecular formula is C22H25NO3. The molecule has 2 aromatic carbocycles. The highest BCUT2D eigenvalue weighted by molar-refractivity contribution is 5.95. The van der Waals surface area contributed by atoms with Crippen molar-refractivity contribution in [2.45, 2.75) is 32.1 Å². The summed E-state index contributed by atoms with van der Waals surface area (Å²) in [6.45, 7) is 1.29. The first-order valence-electron chi connectivity index (χ1n) is 9.26. The molecule has 0 bridgehead atoms. The van der Waals surface area contributed by atoms with Crippen LogP contribution in [0.1, 0.15) is 40.7 Å². The first kappa shape index (κ1) is 18.2. The number of carboxylic acids is 1. The van der Waals surface area contributed by atoms with Crippen LogP contribution in [0.5, 0.6) is 0 Å². The number of carbonyl (C=O) groups is 2. The third kappa shape index (κ3) is 4.72. The molecule has 1 amide bonds. The Morgan fingerprint density at radius 1 is 0.923 bits per heavy atom. The lowest BCUT2D eigenvalue weighted by Gasteiger charge is -2.32. The van der Waals surface area contributed by atoms with Gasteiger partial charge in [-0.15, -0.1) is 0 Å². The summed E-state index contributed by atoms with van der Waals surface area (Å²) in [5.41, 5.74) is 3.12. The van der Waals surface area contributed by atoms with E-state index < -0.39 is 5.97 Å². The highest BCUT2D eigenvalue weighted by Crippen LogP contribution is 2.23. The number of aliphatic carboxylic acids is 1. The van der Waals surface area contributed by atoms with Crippen LogP contribution in [0.2, 0.25) is 0 Å². The molecule has 0 aromatic heterocycles. The zero-order valence-electron chi connectivity index (χ0n) is 14.9. The second-order valence-electron chi connectivity index (χ2n) is 6.98. The van der Waals surface area contributed by atoms with Crippen molar-refractivity contribution in [1.82, 2.24) is 4.90 Å². The van der Waals surface area contributed by atoms with E-state index in [1.54, 1.807) is 0 Å². The average molecular weight is 351 g/mol. The molecule has 0 saturated carbocycles. The van der Waals surface area contributed by atoms with Crippen molar-refractivity contribution in [2.24, 2.45) is 5.92 Å². The van der Waals surface area contributed by atoms with Gasteiger partial charge in [-0.1, -0.05) is 48.5 Å². The summed E-state index contributed by atoms with van der Waals surface area (Å²) in [7, 11) is 0. The second-order valence-corrected chi connectivity index (χ2v) is 6.98. The minimum absolute atomic E-state index is 0.0717. The van der Waals surface area contributed by atoms with Crippen LogP contribution in [0.15, 0.2) is 54.6 Å². The summed E-state index contributed by atoms with van der Waals surface area (Å²) in [4.78, 5) is 25.7. The normalized spacial score (nSPS) is 15.0. The van der Waals surface area contributed by atoms with Gasteiger partial charge in [0.2, 0.25) is 0 Å². The van der Waals surface area contributed by atoms with Gasteiger partial charge in [-0.3, -0.25) is 9.59 Å². The molecule has 0 aliphatic carbocycles. The molecule has 1 heterocycles. The van der Waals surface area contributed by atoms with Gasteiger partial charge in [0.25, 0.3) is 5.91 Å². The van der Waals surface area contributed by atoms with Crippen molar-refractivity contribution < 1.29 is 14.7 Å². The quantitative estimate of drug-likeness (QED) is 0.861. The van der Waals surface area contributed by atoms with Crippen LogP contribution in [-0.4, -0.2) is 35.0 Å². The van der Waals surface area contributed by atoms with Crippen LogP contribution in [0.25, 0.3) is 0 Å². The first-order chi connectivity index (χ1) is 12.6. The monoisotopic (exact) mass is 351 g/mol. The van der Waals surface area contributed by atoms with E-state index in [0.717, 1.165) is 36.8 Å². The van der Waals surface area contributed by atoms with Gasteiger partial charge in [-0.25, -0.2) is 0 Å². The van der Waals surface area contributed by atoms with E-state index in [1.165, 1.54) is 5.56 Å². The van der Waals surface area contributed by atoms with Crippen LogP contribution in [0, 0.1) is 5.92 Å². The highest BCUT2D eigenvalue weighted by atomic mass is 16.4. The number of amides is 1. The Morgan fingerprint density at radius 2 is 1.58 bits per heavy atom. The van der Waals surface area contributed by atoms with Gasteiger partial charge in [0, 0.05) is 25.1 Å². The number of carbonyl (C=O) groups excluding carboxylic acids is 1. The lowest BCUT2D eigenvalue weighted by molar-refractivity contribution is -0.138. The van der Waals surface area contributed by atoms with Gasteiger partial charge in [0.1, 0.15) is 0 Å². The fraction of sp³-hybridized carbons (Fsp3) is 0.364. The second kappa shape index (κ2) is 8.65. The largest absolute Gasteiger partial charge is 0.481 e. The molecule has 1 aliphatic rings. The van der Waals surface area contributed by atoms with Crippen molar-refractivity contribution in [3.05, 3.63) is 71.3 Å². The van der Waals surface area contributed by atoms with E-state index >= 15 is 0 Å². The molecule has 1 fully saturated rings. The fourth-order valence-electron chi connectivity index (χ4n) is 3.63. The molecule has 1 aliphatic heterocycles. The molecule has 26 heavy (non-hydrogen) atoms. The van der Waals surface area contributed by atoms with Gasteiger partial charge < -0.3 is 10.0 Å². The summed E-state index contributed by atoms with van der Waals surface area (Å²) in [5, 5.41) is 8.93. The number of hydrogen-bond donors (Lipinski definition) is 1. The van der Waals surface area contributed by atoms with Gasteiger partial charge in [-0.2, -0.15) is 0 Å². The lowest BCUT2D eigenvalue weighted by atomic mass is 9.92. The molecule has 1 N–H and O–H groups in total. The molecule has 0 unspecified atom stereocenters. The fourth-order valence-corrected chi connectivity index (χ4v) is 3.63. The van der Waals surface area contributed by atoms with Crippen molar-refractivity contribution in [3.63, 3.8) is 0 Å². The number of nitrogens with zero attached hydrogens (tertiary/aromatic N) is 1. The van der Waals surface area contributed by atoms with E-state index in [2.05, 4.69) is 12.1 Å². The maximum absolute atomic E-state index is 13.0. The van der Waals surface area contributed by atoms with Crippen molar-refractivity contribution in [1.29, 1.82) is 0 Å². The predicted octanol–water partition coefficient (Wildman–Crippen LogP) is 3.80. The summed E-state index contributed by atoms with van der Waals surface area (Å²) in [6, 6.07) is 18.1. The summed E-state index contributed by atoms with van der Waals surface area (Å²) < 4.78 is 0. The van der Waals surface area contributed by atoms with Gasteiger partial charge in [-0.05, 0) is 48.8 Å². The van der Waals surface area contributed by atoms with Crippen molar-refractivity contribution in [3.8, 4) is 0 Å². The number of aryl methyl sites for hydroxylation is 2. The highest BCUT2D eigenvalue weighted by Gasteiger charge is 2.25. The SMILES string of the molecule is O=C(O)CC1CCN(C(=O)c2ccccc2CCc2ccccc2)CC1. The molecule has 4 heteroatoms. The van der Waals surface area contributed by atoms with Crippen molar-refractivity contribution >= 4 is 11.9 Å². The number of hydrogen-bond acceptors (Lipinski definition) is 2. The molecule has 0 radical (unpaired) electrons. The molecule has 0 atom stereocenters. The Hall–Kier alpha value is -2.62. The van der Waals surface area contributed by atoms with E-state index in [-0.39, 0.29) is 18.2 Å². The van der Waals surface area contributed by atoms with Gasteiger partial charge in [0.05, 0.1) is 0 Å². The Morgan fingerprint density at radius 3 is 2.27 bits per heavy atom. The minimum atomic E-state index is -0.749. The third-order valence-electron chi connectivity index (χ3n) is 5.14. The lowest BCUT2D eigenvalue weighted by Crippen LogP contribution is -2.39. The zero-order chi connectivity index (χ0) is 18.4. The topological polar surface area (TPSA) is 57.6 Å². The van der Waals surface area contributed by atoms with E-state index in [1.807, 2.05) is 47.4 Å². The predicted molar refractivity (Wildman–Crippen MR) is 101 cm³/mol. The molecule has 0 spiro atoms. The zero-order valence-corrected chi connectivity index (χ0v) is 14.9. The molecule has 136 valence electrons. The van der Waals surface area contributed by atoms with E-state index in [9.17, 15) is 9.59 Å². The van der Waals surface area contributed by atoms with Crippen LogP contribution < -0.4 is 0 Å². The molecule has 1 saturated heterocycles.